The number of likely N-dealkylation sites (N-methyl/N-ethyl adjacent to an activating group) is 1. The number of nitrogens with two attached hydrogens (primary N) is 1. The van der Waals surface area contributed by atoms with Crippen molar-refractivity contribution in [2.75, 3.05) is 33.7 Å². The molecule has 1 amide bonds. The van der Waals surface area contributed by atoms with Crippen molar-refractivity contribution in [2.45, 2.75) is 20.3 Å². The lowest BCUT2D eigenvalue weighted by Gasteiger charge is -2.26. The maximum Gasteiger partial charge on any atom is 0.232 e. The minimum absolute atomic E-state index is 0.0381. The molecule has 0 aliphatic heterocycles. The molecule has 0 fully saturated rings. The van der Waals surface area contributed by atoms with E-state index in [1.807, 2.05) is 19.0 Å². The number of amides is 1. The number of carbonyl (C=O) groups is 1. The molecule has 4 nitrogen and oxygen atoms in total. The van der Waals surface area contributed by atoms with Gasteiger partial charge in [-0.2, -0.15) is 0 Å². The molecule has 0 rings (SSSR count). The molecule has 0 saturated heterocycles. The van der Waals surface area contributed by atoms with Gasteiger partial charge in [0.25, 0.3) is 0 Å². The van der Waals surface area contributed by atoms with Gasteiger partial charge in [0.2, 0.25) is 5.91 Å². The van der Waals surface area contributed by atoms with Gasteiger partial charge in [0.1, 0.15) is 0 Å². The van der Waals surface area contributed by atoms with Crippen molar-refractivity contribution < 1.29 is 4.79 Å². The first-order chi connectivity index (χ1) is 7.40. The molecule has 0 saturated carbocycles. The van der Waals surface area contributed by atoms with E-state index < -0.39 is 0 Å². The molecule has 5 heteroatoms. The minimum atomic E-state index is -0.358. The fourth-order valence-electron chi connectivity index (χ4n) is 1.32. The smallest absolute Gasteiger partial charge is 0.232 e. The second kappa shape index (κ2) is 7.57. The first-order valence-corrected chi connectivity index (χ1v) is 6.03. The molecule has 0 radical (unpaired) electrons. The van der Waals surface area contributed by atoms with E-state index in [9.17, 15) is 4.79 Å². The fourth-order valence-corrected chi connectivity index (χ4v) is 1.42. The highest BCUT2D eigenvalue weighted by molar-refractivity contribution is 7.80. The van der Waals surface area contributed by atoms with Crippen molar-refractivity contribution in [3.05, 3.63) is 0 Å². The molecule has 16 heavy (non-hydrogen) atoms. The number of nitrogens with zero attached hydrogens (tertiary/aromatic N) is 2. The lowest BCUT2D eigenvalue weighted by molar-refractivity contribution is -0.133. The van der Waals surface area contributed by atoms with Crippen LogP contribution in [0.2, 0.25) is 0 Å². The average molecular weight is 245 g/mol. The Hall–Kier alpha value is -0.680. The third-order valence-electron chi connectivity index (χ3n) is 2.42. The van der Waals surface area contributed by atoms with Crippen LogP contribution in [0.15, 0.2) is 0 Å². The van der Waals surface area contributed by atoms with E-state index in [1.165, 1.54) is 0 Å². The van der Waals surface area contributed by atoms with E-state index in [2.05, 4.69) is 11.8 Å². The molecule has 0 aliphatic carbocycles. The van der Waals surface area contributed by atoms with E-state index in [0.717, 1.165) is 26.1 Å². The number of rotatable bonds is 7. The van der Waals surface area contributed by atoms with Crippen LogP contribution in [0.3, 0.4) is 0 Å². The van der Waals surface area contributed by atoms with Crippen molar-refractivity contribution in [1.29, 1.82) is 0 Å². The highest BCUT2D eigenvalue weighted by Crippen LogP contribution is 2.04. The molecule has 0 aromatic rings. The van der Waals surface area contributed by atoms with Crippen LogP contribution in [0.1, 0.15) is 20.3 Å². The van der Waals surface area contributed by atoms with Crippen LogP contribution in [-0.2, 0) is 4.79 Å². The summed E-state index contributed by atoms with van der Waals surface area (Å²) in [5.74, 6) is -0.320. The molecule has 1 unspecified atom stereocenters. The highest BCUT2D eigenvalue weighted by atomic mass is 32.1. The average Bonchev–Trinajstić information content (AvgIpc) is 2.21. The van der Waals surface area contributed by atoms with E-state index >= 15 is 0 Å². The Bertz CT molecular complexity index is 243. The van der Waals surface area contributed by atoms with Gasteiger partial charge in [-0.3, -0.25) is 4.79 Å². The van der Waals surface area contributed by atoms with Gasteiger partial charge in [-0.05, 0) is 27.4 Å². The van der Waals surface area contributed by atoms with Gasteiger partial charge >= 0.3 is 0 Å². The standard InChI is InChI=1S/C11H23N3OS/c1-5-6-14(8-7-13(3)4)11(15)9(2)10(12)16/h9H,5-8H2,1-4H3,(H2,12,16). The van der Waals surface area contributed by atoms with Gasteiger partial charge in [0, 0.05) is 19.6 Å². The van der Waals surface area contributed by atoms with Crippen LogP contribution in [0, 0.1) is 5.92 Å². The number of thiocarbonyl (C=S) groups is 1. The third-order valence-corrected chi connectivity index (χ3v) is 2.77. The predicted octanol–water partition coefficient (Wildman–Crippen LogP) is 0.709. The Morgan fingerprint density at radius 3 is 2.25 bits per heavy atom. The summed E-state index contributed by atoms with van der Waals surface area (Å²) in [6, 6.07) is 0. The first-order valence-electron chi connectivity index (χ1n) is 5.63. The predicted molar refractivity (Wildman–Crippen MR) is 71.4 cm³/mol. The van der Waals surface area contributed by atoms with Gasteiger partial charge in [0.15, 0.2) is 0 Å². The molecule has 94 valence electrons. The number of hydrogen-bond acceptors (Lipinski definition) is 3. The SMILES string of the molecule is CCCN(CCN(C)C)C(=O)C(C)C(N)=S. The van der Waals surface area contributed by atoms with Gasteiger partial charge in [0.05, 0.1) is 10.9 Å². The Kier molecular flexibility index (Phi) is 7.25. The zero-order valence-electron chi connectivity index (χ0n) is 10.7. The van der Waals surface area contributed by atoms with Crippen LogP contribution in [0.4, 0.5) is 0 Å². The van der Waals surface area contributed by atoms with Gasteiger partial charge in [-0.1, -0.05) is 19.1 Å². The molecule has 0 bridgehead atoms. The number of hydrogen-bond donors (Lipinski definition) is 1. The van der Waals surface area contributed by atoms with Crippen LogP contribution in [0.25, 0.3) is 0 Å². The van der Waals surface area contributed by atoms with Gasteiger partial charge < -0.3 is 15.5 Å². The molecule has 0 aromatic carbocycles. The van der Waals surface area contributed by atoms with Gasteiger partial charge in [-0.15, -0.1) is 0 Å². The van der Waals surface area contributed by atoms with Crippen LogP contribution < -0.4 is 5.73 Å². The summed E-state index contributed by atoms with van der Waals surface area (Å²) in [4.78, 5) is 16.2. The van der Waals surface area contributed by atoms with Crippen LogP contribution in [0.5, 0.6) is 0 Å². The quantitative estimate of drug-likeness (QED) is 0.671. The Morgan fingerprint density at radius 1 is 1.31 bits per heavy atom. The molecule has 0 spiro atoms. The zero-order valence-corrected chi connectivity index (χ0v) is 11.5. The van der Waals surface area contributed by atoms with Crippen molar-refractivity contribution in [3.8, 4) is 0 Å². The summed E-state index contributed by atoms with van der Waals surface area (Å²) >= 11 is 4.85. The monoisotopic (exact) mass is 245 g/mol. The van der Waals surface area contributed by atoms with E-state index in [-0.39, 0.29) is 16.8 Å². The Balaban J connectivity index is 4.39. The second-order valence-corrected chi connectivity index (χ2v) is 4.72. The van der Waals surface area contributed by atoms with Crippen LogP contribution in [-0.4, -0.2) is 54.4 Å². The Morgan fingerprint density at radius 2 is 1.88 bits per heavy atom. The van der Waals surface area contributed by atoms with Crippen LogP contribution >= 0.6 is 12.2 Å². The highest BCUT2D eigenvalue weighted by Gasteiger charge is 2.21. The summed E-state index contributed by atoms with van der Waals surface area (Å²) in [6.45, 7) is 6.17. The third kappa shape index (κ3) is 5.42. The van der Waals surface area contributed by atoms with E-state index in [4.69, 9.17) is 18.0 Å². The normalized spacial score (nSPS) is 12.6. The summed E-state index contributed by atoms with van der Waals surface area (Å²) in [5.41, 5.74) is 5.50. The first kappa shape index (κ1) is 15.3. The Labute approximate surface area is 104 Å². The maximum atomic E-state index is 12.0. The van der Waals surface area contributed by atoms with E-state index in [1.54, 1.807) is 6.92 Å². The molecule has 0 aromatic heterocycles. The van der Waals surface area contributed by atoms with Crippen molar-refractivity contribution in [1.82, 2.24) is 9.80 Å². The maximum absolute atomic E-state index is 12.0. The molecule has 1 atom stereocenters. The lowest BCUT2D eigenvalue weighted by atomic mass is 10.1. The van der Waals surface area contributed by atoms with E-state index in [0.29, 0.717) is 0 Å². The summed E-state index contributed by atoms with van der Waals surface area (Å²) in [7, 11) is 3.98. The molecule has 2 N–H and O–H groups in total. The fraction of sp³-hybridized carbons (Fsp3) is 0.818. The minimum Gasteiger partial charge on any atom is -0.393 e. The van der Waals surface area contributed by atoms with Crippen molar-refractivity contribution in [3.63, 3.8) is 0 Å². The molecule has 0 heterocycles. The summed E-state index contributed by atoms with van der Waals surface area (Å²) < 4.78 is 0. The lowest BCUT2D eigenvalue weighted by Crippen LogP contribution is -2.43. The topological polar surface area (TPSA) is 49.6 Å². The number of carbonyl (C=O) groups excluding carboxylic acids is 1. The van der Waals surface area contributed by atoms with Crippen molar-refractivity contribution in [2.24, 2.45) is 11.7 Å². The summed E-state index contributed by atoms with van der Waals surface area (Å²) in [5, 5.41) is 0. The molecular weight excluding hydrogens is 222 g/mol. The second-order valence-electron chi connectivity index (χ2n) is 4.25. The molecule has 0 aliphatic rings. The largest absolute Gasteiger partial charge is 0.393 e. The molecular formula is C11H23N3OS. The summed E-state index contributed by atoms with van der Waals surface area (Å²) in [6.07, 6.45) is 0.948. The zero-order chi connectivity index (χ0) is 12.7. The van der Waals surface area contributed by atoms with Crippen molar-refractivity contribution >= 4 is 23.1 Å². The van der Waals surface area contributed by atoms with Gasteiger partial charge in [-0.25, -0.2) is 0 Å².